The van der Waals surface area contributed by atoms with E-state index in [-0.39, 0.29) is 0 Å². The summed E-state index contributed by atoms with van der Waals surface area (Å²) in [4.78, 5) is 16.0. The molecule has 0 saturated heterocycles. The van der Waals surface area contributed by atoms with Crippen molar-refractivity contribution in [3.05, 3.63) is 34.8 Å². The van der Waals surface area contributed by atoms with Crippen molar-refractivity contribution >= 4 is 33.8 Å². The number of ether oxygens (including phenoxy) is 1. The number of anilines is 3. The van der Waals surface area contributed by atoms with Gasteiger partial charge in [-0.15, -0.1) is 11.3 Å². The summed E-state index contributed by atoms with van der Waals surface area (Å²) in [6.07, 6.45) is 2.47. The van der Waals surface area contributed by atoms with Crippen LogP contribution in [-0.4, -0.2) is 18.1 Å². The van der Waals surface area contributed by atoms with Crippen molar-refractivity contribution in [1.82, 2.24) is 4.98 Å². The minimum absolute atomic E-state index is 0.395. The summed E-state index contributed by atoms with van der Waals surface area (Å²) in [6.45, 7) is 0. The molecule has 1 heterocycles. The lowest BCUT2D eigenvalue weighted by Crippen LogP contribution is -2.03. The molecule has 5 nitrogen and oxygen atoms in total. The van der Waals surface area contributed by atoms with Crippen LogP contribution in [0.1, 0.15) is 34.8 Å². The summed E-state index contributed by atoms with van der Waals surface area (Å²) in [5.41, 5.74) is 8.78. The molecule has 0 atom stereocenters. The number of carbonyl (C=O) groups excluding carboxylic acids is 1. The molecule has 2 aromatic rings. The highest BCUT2D eigenvalue weighted by Crippen LogP contribution is 2.41. The molecule has 0 spiro atoms. The fraction of sp³-hybridized carbons (Fsp3) is 0.286. The maximum Gasteiger partial charge on any atom is 0.337 e. The van der Waals surface area contributed by atoms with E-state index in [1.54, 1.807) is 29.5 Å². The van der Waals surface area contributed by atoms with Gasteiger partial charge >= 0.3 is 5.97 Å². The fourth-order valence-electron chi connectivity index (χ4n) is 1.95. The minimum Gasteiger partial charge on any atom is -0.465 e. The molecule has 0 amide bonds. The van der Waals surface area contributed by atoms with Crippen molar-refractivity contribution in [3.8, 4) is 0 Å². The average molecular weight is 289 g/mol. The minimum atomic E-state index is -0.395. The molecule has 6 heteroatoms. The Morgan fingerprint density at radius 2 is 2.30 bits per heavy atom. The second-order valence-corrected chi connectivity index (χ2v) is 5.63. The van der Waals surface area contributed by atoms with Crippen LogP contribution in [0.25, 0.3) is 0 Å². The summed E-state index contributed by atoms with van der Waals surface area (Å²) in [5.74, 6) is 0.245. The highest BCUT2D eigenvalue weighted by Gasteiger charge is 2.26. The molecule has 104 valence electrons. The van der Waals surface area contributed by atoms with Gasteiger partial charge in [-0.25, -0.2) is 9.78 Å². The van der Waals surface area contributed by atoms with E-state index in [1.165, 1.54) is 20.0 Å². The lowest BCUT2D eigenvalue weighted by atomic mass is 10.2. The van der Waals surface area contributed by atoms with E-state index >= 15 is 0 Å². The molecule has 0 aliphatic heterocycles. The van der Waals surface area contributed by atoms with Crippen LogP contribution in [0.4, 0.5) is 16.5 Å². The maximum atomic E-state index is 11.4. The van der Waals surface area contributed by atoms with E-state index in [0.29, 0.717) is 17.2 Å². The molecule has 1 saturated carbocycles. The summed E-state index contributed by atoms with van der Waals surface area (Å²) in [6, 6.07) is 5.04. The number of carbonyl (C=O) groups is 1. The smallest absolute Gasteiger partial charge is 0.337 e. The average Bonchev–Trinajstić information content (AvgIpc) is 3.20. The number of benzene rings is 1. The van der Waals surface area contributed by atoms with Crippen LogP contribution in [0.15, 0.2) is 23.6 Å². The Morgan fingerprint density at radius 1 is 1.50 bits per heavy atom. The number of esters is 1. The third-order valence-corrected chi connectivity index (χ3v) is 4.01. The normalized spacial score (nSPS) is 14.1. The fourth-order valence-corrected chi connectivity index (χ4v) is 2.75. The first-order valence-electron chi connectivity index (χ1n) is 6.37. The summed E-state index contributed by atoms with van der Waals surface area (Å²) >= 11 is 1.57. The number of methoxy groups -OCH3 is 1. The number of nitrogens with two attached hydrogens (primary N) is 1. The highest BCUT2D eigenvalue weighted by atomic mass is 32.1. The van der Waals surface area contributed by atoms with Crippen LogP contribution in [0.5, 0.6) is 0 Å². The lowest BCUT2D eigenvalue weighted by molar-refractivity contribution is 0.0601. The van der Waals surface area contributed by atoms with Crippen LogP contribution in [0.3, 0.4) is 0 Å². The van der Waals surface area contributed by atoms with E-state index in [1.807, 2.05) is 0 Å². The zero-order valence-electron chi connectivity index (χ0n) is 11.1. The standard InChI is InChI=1S/C14H15N3O2S/c1-19-13(18)9-4-5-11(10(15)6-9)16-14-17-12(7-20-14)8-2-3-8/h4-8H,2-3,15H2,1H3,(H,16,17). The zero-order valence-corrected chi connectivity index (χ0v) is 11.9. The largest absolute Gasteiger partial charge is 0.465 e. The second kappa shape index (κ2) is 5.13. The zero-order chi connectivity index (χ0) is 14.1. The number of thiazole rings is 1. The van der Waals surface area contributed by atoms with Gasteiger partial charge in [0, 0.05) is 11.3 Å². The summed E-state index contributed by atoms with van der Waals surface area (Å²) < 4.78 is 4.66. The Labute approximate surface area is 120 Å². The molecule has 3 rings (SSSR count). The lowest BCUT2D eigenvalue weighted by Gasteiger charge is -2.08. The van der Waals surface area contributed by atoms with Crippen molar-refractivity contribution < 1.29 is 9.53 Å². The Bertz CT molecular complexity index is 650. The van der Waals surface area contributed by atoms with E-state index in [9.17, 15) is 4.79 Å². The van der Waals surface area contributed by atoms with Crippen molar-refractivity contribution in [2.24, 2.45) is 0 Å². The Morgan fingerprint density at radius 3 is 2.95 bits per heavy atom. The Kier molecular flexibility index (Phi) is 3.31. The molecular formula is C14H15N3O2S. The predicted molar refractivity (Wildman–Crippen MR) is 79.6 cm³/mol. The molecule has 1 aromatic carbocycles. The molecule has 0 bridgehead atoms. The van der Waals surface area contributed by atoms with Crippen LogP contribution < -0.4 is 11.1 Å². The Hall–Kier alpha value is -2.08. The van der Waals surface area contributed by atoms with Gasteiger partial charge in [-0.3, -0.25) is 0 Å². The molecule has 0 unspecified atom stereocenters. The molecule has 1 fully saturated rings. The number of hydrogen-bond donors (Lipinski definition) is 2. The highest BCUT2D eigenvalue weighted by molar-refractivity contribution is 7.13. The van der Waals surface area contributed by atoms with Gasteiger partial charge in [0.25, 0.3) is 0 Å². The van der Waals surface area contributed by atoms with E-state index in [2.05, 4.69) is 20.4 Å². The summed E-state index contributed by atoms with van der Waals surface area (Å²) in [5, 5.41) is 6.10. The first kappa shape index (κ1) is 12.9. The van der Waals surface area contributed by atoms with Crippen LogP contribution in [0, 0.1) is 0 Å². The molecule has 1 aromatic heterocycles. The molecule has 1 aliphatic carbocycles. The summed E-state index contributed by atoms with van der Waals surface area (Å²) in [7, 11) is 1.35. The Balaban J connectivity index is 1.77. The maximum absolute atomic E-state index is 11.4. The number of nitrogens with zero attached hydrogens (tertiary/aromatic N) is 1. The first-order chi connectivity index (χ1) is 9.67. The van der Waals surface area contributed by atoms with Crippen molar-refractivity contribution in [2.75, 3.05) is 18.2 Å². The van der Waals surface area contributed by atoms with Crippen LogP contribution >= 0.6 is 11.3 Å². The monoisotopic (exact) mass is 289 g/mol. The van der Waals surface area contributed by atoms with Gasteiger partial charge < -0.3 is 15.8 Å². The quantitative estimate of drug-likeness (QED) is 0.668. The van der Waals surface area contributed by atoms with E-state index < -0.39 is 5.97 Å². The molecular weight excluding hydrogens is 274 g/mol. The van der Waals surface area contributed by atoms with Crippen molar-refractivity contribution in [2.45, 2.75) is 18.8 Å². The van der Waals surface area contributed by atoms with Gasteiger partial charge in [0.1, 0.15) is 0 Å². The number of hydrogen-bond acceptors (Lipinski definition) is 6. The SMILES string of the molecule is COC(=O)c1ccc(Nc2nc(C3CC3)cs2)c(N)c1. The molecule has 0 radical (unpaired) electrons. The topological polar surface area (TPSA) is 77.2 Å². The molecule has 20 heavy (non-hydrogen) atoms. The van der Waals surface area contributed by atoms with Gasteiger partial charge in [0.05, 0.1) is 29.7 Å². The first-order valence-corrected chi connectivity index (χ1v) is 7.25. The number of nitrogen functional groups attached to an aromatic ring is 1. The number of aromatic nitrogens is 1. The predicted octanol–water partition coefficient (Wildman–Crippen LogP) is 3.13. The number of nitrogens with one attached hydrogen (secondary N) is 1. The third kappa shape index (κ3) is 2.60. The molecule has 1 aliphatic rings. The van der Waals surface area contributed by atoms with Gasteiger partial charge in [-0.1, -0.05) is 0 Å². The van der Waals surface area contributed by atoms with Gasteiger partial charge in [-0.05, 0) is 31.0 Å². The van der Waals surface area contributed by atoms with E-state index in [4.69, 9.17) is 5.73 Å². The molecule has 3 N–H and O–H groups in total. The van der Waals surface area contributed by atoms with Gasteiger partial charge in [0.15, 0.2) is 5.13 Å². The van der Waals surface area contributed by atoms with Crippen LogP contribution in [-0.2, 0) is 4.74 Å². The van der Waals surface area contributed by atoms with E-state index in [0.717, 1.165) is 16.5 Å². The number of rotatable bonds is 4. The second-order valence-electron chi connectivity index (χ2n) is 4.77. The van der Waals surface area contributed by atoms with Crippen molar-refractivity contribution in [1.29, 1.82) is 0 Å². The van der Waals surface area contributed by atoms with Gasteiger partial charge in [0.2, 0.25) is 0 Å². The van der Waals surface area contributed by atoms with Crippen molar-refractivity contribution in [3.63, 3.8) is 0 Å². The third-order valence-electron chi connectivity index (χ3n) is 3.23. The van der Waals surface area contributed by atoms with Gasteiger partial charge in [-0.2, -0.15) is 0 Å². The van der Waals surface area contributed by atoms with Crippen LogP contribution in [0.2, 0.25) is 0 Å².